The van der Waals surface area contributed by atoms with Crippen LogP contribution in [-0.2, 0) is 9.53 Å². The van der Waals surface area contributed by atoms with Crippen LogP contribution in [-0.4, -0.2) is 31.0 Å². The fraction of sp³-hybridized carbons (Fsp3) is 0.909. The molecule has 0 unspecified atom stereocenters. The molecule has 0 saturated heterocycles. The Hall–Kier alpha value is -0.0900. The molecule has 1 aliphatic carbocycles. The molecular formula is C11H20BrNO2. The molecule has 0 aromatic carbocycles. The highest BCUT2D eigenvalue weighted by molar-refractivity contribution is 9.09. The molecule has 0 aromatic heterocycles. The molecule has 0 atom stereocenters. The van der Waals surface area contributed by atoms with E-state index in [-0.39, 0.29) is 11.3 Å². The van der Waals surface area contributed by atoms with Crippen molar-refractivity contribution in [1.29, 1.82) is 0 Å². The summed E-state index contributed by atoms with van der Waals surface area (Å²) >= 11 is 3.28. The van der Waals surface area contributed by atoms with E-state index in [9.17, 15) is 4.79 Å². The average molecular weight is 278 g/mol. The molecule has 0 bridgehead atoms. The quantitative estimate of drug-likeness (QED) is 0.597. The highest BCUT2D eigenvalue weighted by Gasteiger charge is 2.35. The van der Waals surface area contributed by atoms with Crippen molar-refractivity contribution >= 4 is 21.8 Å². The van der Waals surface area contributed by atoms with Crippen molar-refractivity contribution in [1.82, 2.24) is 5.32 Å². The predicted molar refractivity (Wildman–Crippen MR) is 64.2 cm³/mol. The predicted octanol–water partition coefficient (Wildman–Crippen LogP) is 2.09. The Morgan fingerprint density at radius 3 is 2.67 bits per heavy atom. The number of hydrogen-bond acceptors (Lipinski definition) is 2. The molecule has 0 radical (unpaired) electrons. The maximum absolute atomic E-state index is 11.8. The van der Waals surface area contributed by atoms with E-state index in [4.69, 9.17) is 4.74 Å². The van der Waals surface area contributed by atoms with Gasteiger partial charge in [0, 0.05) is 17.3 Å². The summed E-state index contributed by atoms with van der Waals surface area (Å²) in [5.41, 5.74) is -0.116. The van der Waals surface area contributed by atoms with E-state index in [1.807, 2.05) is 0 Å². The van der Waals surface area contributed by atoms with Gasteiger partial charge in [-0.2, -0.15) is 0 Å². The van der Waals surface area contributed by atoms with Crippen LogP contribution in [0.2, 0.25) is 0 Å². The fourth-order valence-corrected chi connectivity index (χ4v) is 2.22. The fourth-order valence-electron chi connectivity index (χ4n) is 1.99. The van der Waals surface area contributed by atoms with E-state index in [1.165, 1.54) is 12.8 Å². The highest BCUT2D eigenvalue weighted by Crippen LogP contribution is 2.37. The molecule has 1 rings (SSSR count). The van der Waals surface area contributed by atoms with Gasteiger partial charge in [-0.05, 0) is 12.8 Å². The Kier molecular flexibility index (Phi) is 5.61. The molecule has 1 N–H and O–H groups in total. The van der Waals surface area contributed by atoms with Crippen LogP contribution < -0.4 is 5.32 Å². The van der Waals surface area contributed by atoms with Crippen molar-refractivity contribution in [3.05, 3.63) is 0 Å². The molecule has 0 spiro atoms. The number of nitrogens with one attached hydrogen (secondary N) is 1. The number of rotatable bonds is 6. The van der Waals surface area contributed by atoms with Gasteiger partial charge in [-0.25, -0.2) is 0 Å². The standard InChI is InChI=1S/C11H20BrNO2/c1-11(4-2-3-5-11)10(14)13-7-9-15-8-6-12/h2-9H2,1H3,(H,13,14). The molecule has 0 heterocycles. The first-order chi connectivity index (χ1) is 7.19. The average Bonchev–Trinajstić information content (AvgIpc) is 2.66. The zero-order valence-corrected chi connectivity index (χ0v) is 10.9. The summed E-state index contributed by atoms with van der Waals surface area (Å²) in [5, 5.41) is 3.79. The molecule has 1 aliphatic rings. The molecule has 4 heteroatoms. The number of ether oxygens (including phenoxy) is 1. The molecule has 0 aliphatic heterocycles. The van der Waals surface area contributed by atoms with Crippen molar-refractivity contribution in [3.8, 4) is 0 Å². The summed E-state index contributed by atoms with van der Waals surface area (Å²) in [6.45, 7) is 4.00. The summed E-state index contributed by atoms with van der Waals surface area (Å²) < 4.78 is 5.27. The van der Waals surface area contributed by atoms with Crippen LogP contribution in [0, 0.1) is 5.41 Å². The number of carbonyl (C=O) groups excluding carboxylic acids is 1. The summed E-state index contributed by atoms with van der Waals surface area (Å²) in [6.07, 6.45) is 4.43. The van der Waals surface area contributed by atoms with Gasteiger partial charge in [0.1, 0.15) is 0 Å². The minimum atomic E-state index is -0.116. The Bertz CT molecular complexity index is 203. The van der Waals surface area contributed by atoms with E-state index in [0.29, 0.717) is 19.8 Å². The Balaban J connectivity index is 2.12. The second-order valence-electron chi connectivity index (χ2n) is 4.33. The van der Waals surface area contributed by atoms with Gasteiger partial charge in [0.15, 0.2) is 0 Å². The van der Waals surface area contributed by atoms with Gasteiger partial charge in [0.05, 0.1) is 13.2 Å². The molecule has 3 nitrogen and oxygen atoms in total. The highest BCUT2D eigenvalue weighted by atomic mass is 79.9. The first-order valence-corrected chi connectivity index (χ1v) is 6.73. The number of carbonyl (C=O) groups is 1. The molecule has 1 amide bonds. The van der Waals surface area contributed by atoms with E-state index in [2.05, 4.69) is 28.2 Å². The maximum Gasteiger partial charge on any atom is 0.226 e. The third-order valence-electron chi connectivity index (χ3n) is 3.01. The minimum absolute atomic E-state index is 0.116. The molecular weight excluding hydrogens is 258 g/mol. The zero-order valence-electron chi connectivity index (χ0n) is 9.35. The third-order valence-corrected chi connectivity index (χ3v) is 3.33. The second kappa shape index (κ2) is 6.48. The summed E-state index contributed by atoms with van der Waals surface area (Å²) in [5.74, 6) is 0.197. The third kappa shape index (κ3) is 4.11. The summed E-state index contributed by atoms with van der Waals surface area (Å²) in [6, 6.07) is 0. The van der Waals surface area contributed by atoms with Gasteiger partial charge in [0.25, 0.3) is 0 Å². The molecule has 15 heavy (non-hydrogen) atoms. The maximum atomic E-state index is 11.8. The van der Waals surface area contributed by atoms with Gasteiger partial charge in [-0.15, -0.1) is 0 Å². The largest absolute Gasteiger partial charge is 0.379 e. The summed E-state index contributed by atoms with van der Waals surface area (Å²) in [7, 11) is 0. The van der Waals surface area contributed by atoms with E-state index >= 15 is 0 Å². The lowest BCUT2D eigenvalue weighted by atomic mass is 9.88. The zero-order chi connectivity index (χ0) is 11.1. The van der Waals surface area contributed by atoms with Gasteiger partial charge in [-0.1, -0.05) is 35.7 Å². The van der Waals surface area contributed by atoms with Crippen molar-refractivity contribution < 1.29 is 9.53 Å². The van der Waals surface area contributed by atoms with Crippen molar-refractivity contribution in [2.45, 2.75) is 32.6 Å². The molecule has 0 aromatic rings. The lowest BCUT2D eigenvalue weighted by Gasteiger charge is -2.22. The van der Waals surface area contributed by atoms with Gasteiger partial charge in [-0.3, -0.25) is 4.79 Å². The summed E-state index contributed by atoms with van der Waals surface area (Å²) in [4.78, 5) is 11.8. The van der Waals surface area contributed by atoms with Crippen LogP contribution in [0.25, 0.3) is 0 Å². The molecule has 88 valence electrons. The van der Waals surface area contributed by atoms with Crippen LogP contribution >= 0.6 is 15.9 Å². The number of alkyl halides is 1. The minimum Gasteiger partial charge on any atom is -0.379 e. The Morgan fingerprint density at radius 2 is 2.07 bits per heavy atom. The lowest BCUT2D eigenvalue weighted by Crippen LogP contribution is -2.38. The number of halogens is 1. The van der Waals surface area contributed by atoms with Crippen LogP contribution in [0.5, 0.6) is 0 Å². The van der Waals surface area contributed by atoms with Crippen molar-refractivity contribution in [3.63, 3.8) is 0 Å². The van der Waals surface area contributed by atoms with E-state index < -0.39 is 0 Å². The lowest BCUT2D eigenvalue weighted by molar-refractivity contribution is -0.130. The van der Waals surface area contributed by atoms with Crippen molar-refractivity contribution in [2.75, 3.05) is 25.1 Å². The normalized spacial score (nSPS) is 19.1. The number of hydrogen-bond donors (Lipinski definition) is 1. The van der Waals surface area contributed by atoms with Gasteiger partial charge >= 0.3 is 0 Å². The van der Waals surface area contributed by atoms with Gasteiger partial charge < -0.3 is 10.1 Å². The molecule has 1 fully saturated rings. The van der Waals surface area contributed by atoms with Crippen LogP contribution in [0.15, 0.2) is 0 Å². The van der Waals surface area contributed by atoms with Crippen molar-refractivity contribution in [2.24, 2.45) is 5.41 Å². The monoisotopic (exact) mass is 277 g/mol. The number of amides is 1. The molecule has 1 saturated carbocycles. The first-order valence-electron chi connectivity index (χ1n) is 5.61. The SMILES string of the molecule is CC1(C(=O)NCCOCCBr)CCCC1. The van der Waals surface area contributed by atoms with Crippen LogP contribution in [0.1, 0.15) is 32.6 Å². The van der Waals surface area contributed by atoms with E-state index in [0.717, 1.165) is 18.2 Å². The first kappa shape index (κ1) is 13.0. The topological polar surface area (TPSA) is 38.3 Å². The van der Waals surface area contributed by atoms with E-state index in [1.54, 1.807) is 0 Å². The van der Waals surface area contributed by atoms with Crippen LogP contribution in [0.3, 0.4) is 0 Å². The Morgan fingerprint density at radius 1 is 1.40 bits per heavy atom. The Labute approximate surface area is 100 Å². The second-order valence-corrected chi connectivity index (χ2v) is 5.12. The van der Waals surface area contributed by atoms with Gasteiger partial charge in [0.2, 0.25) is 5.91 Å². The smallest absolute Gasteiger partial charge is 0.226 e. The van der Waals surface area contributed by atoms with Crippen LogP contribution in [0.4, 0.5) is 0 Å².